The van der Waals surface area contributed by atoms with Crippen LogP contribution in [-0.4, -0.2) is 68.7 Å². The molecule has 9 heteroatoms. The SMILES string of the molecule is CCS(=O)(=O)C1CSCCN1C(=NCCCOC)NN. The van der Waals surface area contributed by atoms with Gasteiger partial charge in [-0.2, -0.15) is 11.8 Å². The average Bonchev–Trinajstić information content (AvgIpc) is 2.47. The molecule has 1 heterocycles. The quantitative estimate of drug-likeness (QED) is 0.227. The van der Waals surface area contributed by atoms with Gasteiger partial charge in [-0.3, -0.25) is 10.4 Å². The number of rotatable bonds is 6. The third kappa shape index (κ3) is 4.80. The van der Waals surface area contributed by atoms with E-state index in [-0.39, 0.29) is 5.75 Å². The maximum absolute atomic E-state index is 12.2. The Morgan fingerprint density at radius 1 is 1.60 bits per heavy atom. The third-order valence-electron chi connectivity index (χ3n) is 3.07. The van der Waals surface area contributed by atoms with Gasteiger partial charge in [0.15, 0.2) is 9.84 Å². The van der Waals surface area contributed by atoms with E-state index >= 15 is 0 Å². The van der Waals surface area contributed by atoms with E-state index in [2.05, 4.69) is 10.4 Å². The van der Waals surface area contributed by atoms with Gasteiger partial charge in [0.05, 0.1) is 0 Å². The van der Waals surface area contributed by atoms with Crippen LogP contribution in [0.1, 0.15) is 13.3 Å². The zero-order valence-electron chi connectivity index (χ0n) is 12.0. The normalized spacial score (nSPS) is 21.1. The number of hydrogen-bond acceptors (Lipinski definition) is 6. The highest BCUT2D eigenvalue weighted by Gasteiger charge is 2.34. The van der Waals surface area contributed by atoms with Gasteiger partial charge in [-0.15, -0.1) is 0 Å². The molecule has 0 spiro atoms. The molecule has 1 unspecified atom stereocenters. The summed E-state index contributed by atoms with van der Waals surface area (Å²) in [5.41, 5.74) is 2.54. The Bertz CT molecular complexity index is 414. The van der Waals surface area contributed by atoms with E-state index in [1.807, 2.05) is 0 Å². The van der Waals surface area contributed by atoms with Crippen LogP contribution in [-0.2, 0) is 14.6 Å². The largest absolute Gasteiger partial charge is 0.385 e. The van der Waals surface area contributed by atoms with Gasteiger partial charge < -0.3 is 9.64 Å². The highest BCUT2D eigenvalue weighted by atomic mass is 32.2. The van der Waals surface area contributed by atoms with Crippen LogP contribution in [0.15, 0.2) is 4.99 Å². The highest BCUT2D eigenvalue weighted by Crippen LogP contribution is 2.21. The Hall–Kier alpha value is -0.510. The Morgan fingerprint density at radius 2 is 2.35 bits per heavy atom. The number of methoxy groups -OCH3 is 1. The molecule has 0 saturated carbocycles. The topological polar surface area (TPSA) is 97.0 Å². The maximum Gasteiger partial charge on any atom is 0.209 e. The minimum absolute atomic E-state index is 0.121. The van der Waals surface area contributed by atoms with Crippen molar-refractivity contribution in [1.29, 1.82) is 0 Å². The zero-order valence-corrected chi connectivity index (χ0v) is 13.7. The number of sulfone groups is 1. The van der Waals surface area contributed by atoms with E-state index in [1.54, 1.807) is 30.7 Å². The number of guanidine groups is 1. The monoisotopic (exact) mass is 324 g/mol. The molecule has 1 rings (SSSR count). The summed E-state index contributed by atoms with van der Waals surface area (Å²) in [5.74, 6) is 7.50. The van der Waals surface area contributed by atoms with Crippen molar-refractivity contribution in [2.75, 3.05) is 44.1 Å². The minimum atomic E-state index is -3.16. The summed E-state index contributed by atoms with van der Waals surface area (Å²) >= 11 is 1.64. The number of nitrogens with zero attached hydrogens (tertiary/aromatic N) is 2. The molecule has 0 aromatic heterocycles. The summed E-state index contributed by atoms with van der Waals surface area (Å²) in [4.78, 5) is 6.12. The van der Waals surface area contributed by atoms with Crippen molar-refractivity contribution < 1.29 is 13.2 Å². The molecule has 0 aliphatic carbocycles. The molecular formula is C11H24N4O3S2. The lowest BCUT2D eigenvalue weighted by Gasteiger charge is -2.36. The lowest BCUT2D eigenvalue weighted by molar-refractivity contribution is 0.197. The molecule has 1 saturated heterocycles. The molecule has 0 bridgehead atoms. The molecule has 0 aromatic carbocycles. The molecule has 1 aliphatic rings. The second-order valence-electron chi connectivity index (χ2n) is 4.37. The highest BCUT2D eigenvalue weighted by molar-refractivity contribution is 8.01. The number of aliphatic imine (C=N–C) groups is 1. The fraction of sp³-hybridized carbons (Fsp3) is 0.909. The van der Waals surface area contributed by atoms with Crippen molar-refractivity contribution >= 4 is 27.6 Å². The van der Waals surface area contributed by atoms with Crippen LogP contribution < -0.4 is 11.3 Å². The zero-order chi connectivity index (χ0) is 15.0. The number of thioether (sulfide) groups is 1. The van der Waals surface area contributed by atoms with E-state index < -0.39 is 15.2 Å². The third-order valence-corrected chi connectivity index (χ3v) is 6.36. The van der Waals surface area contributed by atoms with Gasteiger partial charge in [0.2, 0.25) is 5.96 Å². The second kappa shape index (κ2) is 8.71. The molecule has 1 atom stereocenters. The van der Waals surface area contributed by atoms with Gasteiger partial charge in [-0.25, -0.2) is 14.3 Å². The van der Waals surface area contributed by atoms with Crippen molar-refractivity contribution in [3.63, 3.8) is 0 Å². The lowest BCUT2D eigenvalue weighted by atomic mass is 10.4. The lowest BCUT2D eigenvalue weighted by Crippen LogP contribution is -2.56. The van der Waals surface area contributed by atoms with Crippen LogP contribution in [0.4, 0.5) is 0 Å². The predicted molar refractivity (Wildman–Crippen MR) is 83.4 cm³/mol. The molecule has 1 aliphatic heterocycles. The first-order valence-corrected chi connectivity index (χ1v) is 9.49. The Morgan fingerprint density at radius 3 is 2.95 bits per heavy atom. The van der Waals surface area contributed by atoms with Crippen molar-refractivity contribution in [2.45, 2.75) is 18.7 Å². The van der Waals surface area contributed by atoms with E-state index in [9.17, 15) is 8.42 Å². The maximum atomic E-state index is 12.2. The van der Waals surface area contributed by atoms with E-state index in [1.165, 1.54) is 0 Å². The van der Waals surface area contributed by atoms with E-state index in [0.717, 1.165) is 12.2 Å². The summed E-state index contributed by atoms with van der Waals surface area (Å²) in [6.45, 7) is 3.46. The Labute approximate surface area is 125 Å². The number of nitrogens with two attached hydrogens (primary N) is 1. The summed E-state index contributed by atoms with van der Waals surface area (Å²) in [6.07, 6.45) is 0.773. The summed E-state index contributed by atoms with van der Waals surface area (Å²) in [6, 6.07) is 0. The number of nitrogens with one attached hydrogen (secondary N) is 1. The average molecular weight is 324 g/mol. The van der Waals surface area contributed by atoms with Crippen molar-refractivity contribution in [2.24, 2.45) is 10.8 Å². The van der Waals surface area contributed by atoms with E-state index in [0.29, 0.717) is 31.4 Å². The van der Waals surface area contributed by atoms with Crippen molar-refractivity contribution in [3.05, 3.63) is 0 Å². The van der Waals surface area contributed by atoms with Gasteiger partial charge >= 0.3 is 0 Å². The molecule has 0 aromatic rings. The Balaban J connectivity index is 2.81. The minimum Gasteiger partial charge on any atom is -0.385 e. The first-order chi connectivity index (χ1) is 9.56. The van der Waals surface area contributed by atoms with Crippen LogP contribution in [0, 0.1) is 0 Å². The van der Waals surface area contributed by atoms with Crippen molar-refractivity contribution in [1.82, 2.24) is 10.3 Å². The number of ether oxygens (including phenoxy) is 1. The number of hydrogen-bond donors (Lipinski definition) is 2. The van der Waals surface area contributed by atoms with Crippen LogP contribution >= 0.6 is 11.8 Å². The molecule has 1 fully saturated rings. The van der Waals surface area contributed by atoms with Gasteiger partial charge in [0, 0.05) is 44.1 Å². The summed E-state index contributed by atoms with van der Waals surface area (Å²) in [7, 11) is -1.52. The first-order valence-electron chi connectivity index (χ1n) is 6.62. The van der Waals surface area contributed by atoms with Crippen LogP contribution in [0.3, 0.4) is 0 Å². The van der Waals surface area contributed by atoms with Crippen LogP contribution in [0.25, 0.3) is 0 Å². The number of hydrazine groups is 1. The molecule has 3 N–H and O–H groups in total. The molecule has 7 nitrogen and oxygen atoms in total. The Kier molecular flexibility index (Phi) is 7.63. The summed E-state index contributed by atoms with van der Waals surface area (Å²) < 4.78 is 29.3. The summed E-state index contributed by atoms with van der Waals surface area (Å²) in [5, 5.41) is -0.552. The molecule has 20 heavy (non-hydrogen) atoms. The fourth-order valence-electron chi connectivity index (χ4n) is 1.93. The van der Waals surface area contributed by atoms with Gasteiger partial charge in [-0.05, 0) is 6.42 Å². The van der Waals surface area contributed by atoms with E-state index in [4.69, 9.17) is 10.6 Å². The van der Waals surface area contributed by atoms with Gasteiger partial charge in [0.25, 0.3) is 0 Å². The van der Waals surface area contributed by atoms with Gasteiger partial charge in [0.1, 0.15) is 5.37 Å². The standard InChI is InChI=1S/C11H24N4O3S2/c1-3-20(16,17)10-9-19-8-6-15(10)11(14-12)13-5-4-7-18-2/h10H,3-9,12H2,1-2H3,(H,13,14). The van der Waals surface area contributed by atoms with Crippen molar-refractivity contribution in [3.8, 4) is 0 Å². The van der Waals surface area contributed by atoms with Gasteiger partial charge in [-0.1, -0.05) is 6.92 Å². The predicted octanol–water partition coefficient (Wildman–Crippen LogP) is -0.348. The van der Waals surface area contributed by atoms with Crippen LogP contribution in [0.2, 0.25) is 0 Å². The smallest absolute Gasteiger partial charge is 0.209 e. The fourth-order valence-corrected chi connectivity index (χ4v) is 4.90. The molecule has 118 valence electrons. The second-order valence-corrected chi connectivity index (χ2v) is 7.97. The van der Waals surface area contributed by atoms with Crippen LogP contribution in [0.5, 0.6) is 0 Å². The first kappa shape index (κ1) is 17.5. The molecular weight excluding hydrogens is 300 g/mol. The molecule has 0 radical (unpaired) electrons. The molecule has 0 amide bonds.